The van der Waals surface area contributed by atoms with Gasteiger partial charge in [-0.15, -0.1) is 6.42 Å². The molecule has 0 aliphatic carbocycles. The Balaban J connectivity index is 3.07. The standard InChI is InChI=1S/C19H32N2O2SSi/c1-9-15-10-11-17(21-13-15)16(12-19(5,6)24(20)22)14-23-25(7,8)18(2,3)4/h1,10-11,13,16H,12,14,20H2,2-8H3/t16-,24?/m1/s1. The molecule has 25 heavy (non-hydrogen) atoms. The second-order valence-corrected chi connectivity index (χ2v) is 15.2. The number of pyridine rings is 1. The summed E-state index contributed by atoms with van der Waals surface area (Å²) in [6, 6.07) is 3.82. The third kappa shape index (κ3) is 6.03. The van der Waals surface area contributed by atoms with Crippen LogP contribution in [0.3, 0.4) is 0 Å². The van der Waals surface area contributed by atoms with Crippen LogP contribution in [0.5, 0.6) is 0 Å². The number of nitrogens with zero attached hydrogens (tertiary/aromatic N) is 1. The Hall–Kier alpha value is -1.00. The van der Waals surface area contributed by atoms with Crippen LogP contribution in [0.1, 0.15) is 58.2 Å². The van der Waals surface area contributed by atoms with Crippen LogP contribution >= 0.6 is 0 Å². The third-order valence-corrected chi connectivity index (χ3v) is 10.9. The predicted octanol–water partition coefficient (Wildman–Crippen LogP) is 3.96. The fourth-order valence-electron chi connectivity index (χ4n) is 2.18. The van der Waals surface area contributed by atoms with E-state index in [1.807, 2.05) is 26.0 Å². The van der Waals surface area contributed by atoms with E-state index < -0.39 is 24.1 Å². The van der Waals surface area contributed by atoms with Crippen molar-refractivity contribution in [3.8, 4) is 12.3 Å². The fourth-order valence-corrected chi connectivity index (χ4v) is 3.60. The maximum atomic E-state index is 11.9. The zero-order chi connectivity index (χ0) is 19.5. The van der Waals surface area contributed by atoms with Crippen LogP contribution in [0.4, 0.5) is 0 Å². The largest absolute Gasteiger partial charge is 0.416 e. The lowest BCUT2D eigenvalue weighted by atomic mass is 9.93. The van der Waals surface area contributed by atoms with Gasteiger partial charge in [0.15, 0.2) is 8.32 Å². The van der Waals surface area contributed by atoms with Gasteiger partial charge in [-0.05, 0) is 50.5 Å². The topological polar surface area (TPSA) is 65.2 Å². The quantitative estimate of drug-likeness (QED) is 0.575. The van der Waals surface area contributed by atoms with Crippen molar-refractivity contribution in [3.05, 3.63) is 29.6 Å². The molecule has 1 unspecified atom stereocenters. The molecule has 1 aromatic rings. The minimum Gasteiger partial charge on any atom is -0.416 e. The molecule has 2 atom stereocenters. The minimum atomic E-state index is -1.89. The first kappa shape index (κ1) is 22.0. The molecule has 6 heteroatoms. The van der Waals surface area contributed by atoms with Crippen molar-refractivity contribution in [2.24, 2.45) is 5.14 Å². The van der Waals surface area contributed by atoms with Crippen molar-refractivity contribution in [1.29, 1.82) is 0 Å². The van der Waals surface area contributed by atoms with Crippen LogP contribution in [-0.4, -0.2) is 28.9 Å². The molecule has 0 aliphatic heterocycles. The maximum Gasteiger partial charge on any atom is 0.192 e. The van der Waals surface area contributed by atoms with E-state index in [1.165, 1.54) is 0 Å². The van der Waals surface area contributed by atoms with E-state index >= 15 is 0 Å². The average Bonchev–Trinajstić information content (AvgIpc) is 2.50. The van der Waals surface area contributed by atoms with Crippen molar-refractivity contribution in [2.45, 2.75) is 69.8 Å². The molecule has 0 spiro atoms. The zero-order valence-electron chi connectivity index (χ0n) is 16.6. The second-order valence-electron chi connectivity index (χ2n) is 8.65. The van der Waals surface area contributed by atoms with E-state index in [0.29, 0.717) is 13.0 Å². The molecule has 0 radical (unpaired) electrons. The Morgan fingerprint density at radius 3 is 2.32 bits per heavy atom. The van der Waals surface area contributed by atoms with Gasteiger partial charge in [0.2, 0.25) is 0 Å². The van der Waals surface area contributed by atoms with E-state index in [0.717, 1.165) is 11.3 Å². The summed E-state index contributed by atoms with van der Waals surface area (Å²) in [6.07, 6.45) is 7.74. The highest BCUT2D eigenvalue weighted by molar-refractivity contribution is 7.84. The highest BCUT2D eigenvalue weighted by Crippen LogP contribution is 2.38. The monoisotopic (exact) mass is 380 g/mol. The van der Waals surface area contributed by atoms with E-state index in [2.05, 4.69) is 44.8 Å². The van der Waals surface area contributed by atoms with Crippen LogP contribution in [0, 0.1) is 12.3 Å². The summed E-state index contributed by atoms with van der Waals surface area (Å²) in [4.78, 5) is 4.51. The van der Waals surface area contributed by atoms with Gasteiger partial charge in [0.1, 0.15) is 0 Å². The molecule has 0 amide bonds. The Kier molecular flexibility index (Phi) is 7.17. The van der Waals surface area contributed by atoms with Crippen LogP contribution in [0.15, 0.2) is 18.3 Å². The molecule has 4 nitrogen and oxygen atoms in total. The Morgan fingerprint density at radius 2 is 1.92 bits per heavy atom. The van der Waals surface area contributed by atoms with Gasteiger partial charge in [-0.1, -0.05) is 26.7 Å². The Labute approximate surface area is 156 Å². The van der Waals surface area contributed by atoms with Gasteiger partial charge in [-0.3, -0.25) is 10.1 Å². The van der Waals surface area contributed by atoms with Crippen LogP contribution in [0.2, 0.25) is 18.1 Å². The van der Waals surface area contributed by atoms with Crippen molar-refractivity contribution in [1.82, 2.24) is 4.98 Å². The van der Waals surface area contributed by atoms with Gasteiger partial charge in [-0.25, -0.2) is 4.21 Å². The number of hydrogen-bond donors (Lipinski definition) is 1. The number of aromatic nitrogens is 1. The molecule has 1 aromatic heterocycles. The average molecular weight is 381 g/mol. The van der Waals surface area contributed by atoms with Crippen molar-refractivity contribution < 1.29 is 8.63 Å². The predicted molar refractivity (Wildman–Crippen MR) is 109 cm³/mol. The molecular weight excluding hydrogens is 348 g/mol. The van der Waals surface area contributed by atoms with Crippen LogP contribution in [-0.2, 0) is 15.4 Å². The molecule has 0 saturated heterocycles. The Bertz CT molecular complexity index is 643. The molecular formula is C19H32N2O2SSi. The fraction of sp³-hybridized carbons (Fsp3) is 0.632. The zero-order valence-corrected chi connectivity index (χ0v) is 18.4. The van der Waals surface area contributed by atoms with E-state index in [9.17, 15) is 4.21 Å². The van der Waals surface area contributed by atoms with Gasteiger partial charge >= 0.3 is 0 Å². The second kappa shape index (κ2) is 8.13. The van der Waals surface area contributed by atoms with Gasteiger partial charge < -0.3 is 4.43 Å². The van der Waals surface area contributed by atoms with Crippen molar-refractivity contribution >= 4 is 19.3 Å². The SMILES string of the molecule is C#Cc1ccc([C@@H](CO[Si](C)(C)C(C)(C)C)CC(C)(C)S(N)=O)nc1. The highest BCUT2D eigenvalue weighted by Gasteiger charge is 2.38. The summed E-state index contributed by atoms with van der Waals surface area (Å²) < 4.78 is 17.8. The molecule has 0 saturated carbocycles. The van der Waals surface area contributed by atoms with Crippen LogP contribution in [0.25, 0.3) is 0 Å². The highest BCUT2D eigenvalue weighted by atomic mass is 32.2. The number of rotatable bonds is 7. The third-order valence-electron chi connectivity index (χ3n) is 5.11. The molecule has 1 rings (SSSR count). The first-order valence-electron chi connectivity index (χ1n) is 8.53. The summed E-state index contributed by atoms with van der Waals surface area (Å²) in [5.74, 6) is 2.60. The minimum absolute atomic E-state index is 0.0171. The first-order chi connectivity index (χ1) is 11.3. The first-order valence-corrected chi connectivity index (χ1v) is 12.6. The molecule has 2 N–H and O–H groups in total. The summed E-state index contributed by atoms with van der Waals surface area (Å²) in [6.45, 7) is 15.5. The lowest BCUT2D eigenvalue weighted by molar-refractivity contribution is 0.248. The van der Waals surface area contributed by atoms with Gasteiger partial charge in [0, 0.05) is 30.0 Å². The molecule has 0 aliphatic rings. The number of hydrogen-bond acceptors (Lipinski definition) is 3. The van der Waals surface area contributed by atoms with Crippen molar-refractivity contribution in [3.63, 3.8) is 0 Å². The van der Waals surface area contributed by atoms with Gasteiger partial charge in [0.05, 0.1) is 15.7 Å². The van der Waals surface area contributed by atoms with Gasteiger partial charge in [-0.2, -0.15) is 0 Å². The number of nitrogens with two attached hydrogens (primary N) is 1. The Morgan fingerprint density at radius 1 is 1.32 bits per heavy atom. The summed E-state index contributed by atoms with van der Waals surface area (Å²) in [5.41, 5.74) is 1.64. The van der Waals surface area contributed by atoms with Crippen molar-refractivity contribution in [2.75, 3.05) is 6.61 Å². The molecule has 0 bridgehead atoms. The van der Waals surface area contributed by atoms with Crippen LogP contribution < -0.4 is 5.14 Å². The lowest BCUT2D eigenvalue weighted by Gasteiger charge is -2.38. The summed E-state index contributed by atoms with van der Waals surface area (Å²) >= 11 is 0. The van der Waals surface area contributed by atoms with E-state index in [1.54, 1.807) is 6.20 Å². The van der Waals surface area contributed by atoms with E-state index in [-0.39, 0.29) is 11.0 Å². The summed E-state index contributed by atoms with van der Waals surface area (Å²) in [5, 5.41) is 5.82. The normalized spacial score (nSPS) is 15.5. The number of terminal acetylenes is 1. The molecule has 1 heterocycles. The summed E-state index contributed by atoms with van der Waals surface area (Å²) in [7, 11) is -3.31. The lowest BCUT2D eigenvalue weighted by Crippen LogP contribution is -2.42. The maximum absolute atomic E-state index is 11.9. The molecule has 140 valence electrons. The van der Waals surface area contributed by atoms with Gasteiger partial charge in [0.25, 0.3) is 0 Å². The van der Waals surface area contributed by atoms with E-state index in [4.69, 9.17) is 16.0 Å². The molecule has 0 fully saturated rings. The smallest absolute Gasteiger partial charge is 0.192 e. The molecule has 0 aromatic carbocycles.